The van der Waals surface area contributed by atoms with Crippen molar-refractivity contribution in [1.82, 2.24) is 4.90 Å². The highest BCUT2D eigenvalue weighted by Crippen LogP contribution is 2.28. The number of rotatable bonds is 5. The van der Waals surface area contributed by atoms with Crippen LogP contribution in [0.1, 0.15) is 18.1 Å². The van der Waals surface area contributed by atoms with Crippen LogP contribution in [0.15, 0.2) is 41.3 Å². The molecule has 12 heteroatoms. The zero-order valence-corrected chi connectivity index (χ0v) is 13.5. The Morgan fingerprint density at radius 2 is 2.07 bits per heavy atom. The topological polar surface area (TPSA) is 120 Å². The molecular weight excluding hydrogens is 375 g/mol. The number of benzene rings is 1. The number of aliphatic imine (C=N–C) groups is 1. The van der Waals surface area contributed by atoms with Gasteiger partial charge in [0.05, 0.1) is 11.1 Å². The Labute approximate surface area is 150 Å². The van der Waals surface area contributed by atoms with Crippen LogP contribution in [0, 0.1) is 10.1 Å². The standard InChI is InChI=1S/C15H14F3N3O6/c16-15(17,18)27-9-3-1-8(2-4-9)10(22)5-12-11(23)6-20-7-13(21(24)25)19-14(20)26-12/h1-4,7,10-12,22-23H,5-6H2/q+1/t10?,11-,12-/m0/s1. The van der Waals surface area contributed by atoms with Crippen molar-refractivity contribution in [3.05, 3.63) is 52.0 Å². The first kappa shape index (κ1) is 19.1. The number of amidine groups is 1. The predicted molar refractivity (Wildman–Crippen MR) is 83.1 cm³/mol. The van der Waals surface area contributed by atoms with Crippen LogP contribution >= 0.6 is 0 Å². The van der Waals surface area contributed by atoms with Gasteiger partial charge in [-0.05, 0) is 27.5 Å². The molecule has 2 aliphatic heterocycles. The normalized spacial score (nSPS) is 23.7. The van der Waals surface area contributed by atoms with Crippen LogP contribution in [0.4, 0.5) is 13.2 Å². The van der Waals surface area contributed by atoms with Gasteiger partial charge in [0.1, 0.15) is 18.0 Å². The largest absolute Gasteiger partial charge is 0.573 e. The molecule has 3 rings (SSSR count). The van der Waals surface area contributed by atoms with Gasteiger partial charge in [0.15, 0.2) is 6.54 Å². The summed E-state index contributed by atoms with van der Waals surface area (Å²) in [6.45, 7) is -0.00802. The fourth-order valence-corrected chi connectivity index (χ4v) is 2.68. The summed E-state index contributed by atoms with van der Waals surface area (Å²) in [6, 6.07) is 4.57. The molecule has 0 amide bonds. The Morgan fingerprint density at radius 3 is 2.67 bits per heavy atom. The molecule has 27 heavy (non-hydrogen) atoms. The van der Waals surface area contributed by atoms with Crippen LogP contribution in [0.2, 0.25) is 0 Å². The molecule has 0 aliphatic carbocycles. The van der Waals surface area contributed by atoms with Crippen molar-refractivity contribution in [3.8, 4) is 5.75 Å². The summed E-state index contributed by atoms with van der Waals surface area (Å²) in [4.78, 5) is 15.0. The third-order valence-electron chi connectivity index (χ3n) is 3.94. The fourth-order valence-electron chi connectivity index (χ4n) is 2.68. The van der Waals surface area contributed by atoms with Crippen LogP contribution in [0.3, 0.4) is 0 Å². The summed E-state index contributed by atoms with van der Waals surface area (Å²) < 4.78 is 45.7. The summed E-state index contributed by atoms with van der Waals surface area (Å²) >= 11 is 0. The second-order valence-electron chi connectivity index (χ2n) is 5.88. The van der Waals surface area contributed by atoms with E-state index in [9.17, 15) is 33.5 Å². The maximum Gasteiger partial charge on any atom is 0.573 e. The Hall–Kier alpha value is -2.70. The van der Waals surface area contributed by atoms with E-state index in [0.29, 0.717) is 5.56 Å². The predicted octanol–water partition coefficient (Wildman–Crippen LogP) is 1.35. The first-order valence-corrected chi connectivity index (χ1v) is 7.72. The van der Waals surface area contributed by atoms with Crippen molar-refractivity contribution < 1.29 is 37.8 Å². The van der Waals surface area contributed by atoms with Gasteiger partial charge >= 0.3 is 18.2 Å². The van der Waals surface area contributed by atoms with E-state index in [1.54, 1.807) is 0 Å². The molecule has 2 aliphatic rings. The summed E-state index contributed by atoms with van der Waals surface area (Å²) in [7, 11) is 0. The Morgan fingerprint density at radius 1 is 1.41 bits per heavy atom. The average Bonchev–Trinajstić information content (AvgIpc) is 2.97. The van der Waals surface area contributed by atoms with Crippen molar-refractivity contribution in [2.24, 2.45) is 4.99 Å². The summed E-state index contributed by atoms with van der Waals surface area (Å²) in [5, 5.41) is 31.1. The minimum atomic E-state index is -4.81. The first-order valence-electron chi connectivity index (χ1n) is 7.72. The third kappa shape index (κ3) is 4.53. The maximum atomic E-state index is 12.2. The van der Waals surface area contributed by atoms with E-state index < -0.39 is 41.2 Å². The summed E-state index contributed by atoms with van der Waals surface area (Å²) in [6.07, 6.45) is -6.90. The number of nitro groups is 1. The van der Waals surface area contributed by atoms with Crippen LogP contribution < -0.4 is 9.64 Å². The van der Waals surface area contributed by atoms with Crippen molar-refractivity contribution in [2.45, 2.75) is 31.1 Å². The molecule has 9 nitrogen and oxygen atoms in total. The Bertz CT molecular complexity index is 780. The molecule has 1 unspecified atom stereocenters. The lowest BCUT2D eigenvalue weighted by Gasteiger charge is -2.26. The molecule has 0 bridgehead atoms. The van der Waals surface area contributed by atoms with E-state index in [-0.39, 0.29) is 19.0 Å². The third-order valence-corrected chi connectivity index (χ3v) is 3.94. The van der Waals surface area contributed by atoms with E-state index in [4.69, 9.17) is 4.74 Å². The van der Waals surface area contributed by atoms with E-state index >= 15 is 0 Å². The zero-order valence-electron chi connectivity index (χ0n) is 13.5. The minimum Gasteiger partial charge on any atom is -0.407 e. The number of hydrogen-bond donors (Lipinski definition) is 2. The van der Waals surface area contributed by atoms with E-state index in [0.717, 1.165) is 18.3 Å². The first-order chi connectivity index (χ1) is 12.6. The van der Waals surface area contributed by atoms with Gasteiger partial charge in [0, 0.05) is 6.42 Å². The number of nitrogens with zero attached hydrogens (tertiary/aromatic N) is 3. The van der Waals surface area contributed by atoms with Gasteiger partial charge in [0.2, 0.25) is 0 Å². The highest BCUT2D eigenvalue weighted by atomic mass is 19.4. The number of ether oxygens (including phenoxy) is 2. The molecule has 0 saturated carbocycles. The van der Waals surface area contributed by atoms with Gasteiger partial charge in [-0.2, -0.15) is 0 Å². The molecule has 0 spiro atoms. The fraction of sp³-hybridized carbons (Fsp3) is 0.400. The summed E-state index contributed by atoms with van der Waals surface area (Å²) in [5.74, 6) is -0.861. The molecule has 145 valence electrons. The van der Waals surface area contributed by atoms with E-state index in [1.165, 1.54) is 17.0 Å². The highest BCUT2D eigenvalue weighted by Gasteiger charge is 2.50. The average molecular weight is 389 g/mol. The molecule has 1 aromatic carbocycles. The van der Waals surface area contributed by atoms with Gasteiger partial charge in [-0.25, -0.2) is 0 Å². The van der Waals surface area contributed by atoms with Crippen LogP contribution in [-0.2, 0) is 4.74 Å². The van der Waals surface area contributed by atoms with Crippen molar-refractivity contribution in [3.63, 3.8) is 0 Å². The molecule has 1 saturated heterocycles. The van der Waals surface area contributed by atoms with Gasteiger partial charge in [-0.15, -0.1) is 13.2 Å². The van der Waals surface area contributed by atoms with Crippen LogP contribution in [-0.4, -0.2) is 46.3 Å². The van der Waals surface area contributed by atoms with Crippen LogP contribution in [0.25, 0.3) is 0 Å². The summed E-state index contributed by atoms with van der Waals surface area (Å²) in [5.41, 5.74) is 0.292. The Kier molecular flexibility index (Phi) is 5.04. The van der Waals surface area contributed by atoms with Crippen LogP contribution in [0.5, 0.6) is 5.75 Å². The number of aliphatic hydroxyl groups is 2. The highest BCUT2D eigenvalue weighted by molar-refractivity contribution is 5.81. The van der Waals surface area contributed by atoms with Crippen molar-refractivity contribution >= 4 is 6.02 Å². The van der Waals surface area contributed by atoms with Crippen molar-refractivity contribution in [1.29, 1.82) is 0 Å². The van der Waals surface area contributed by atoms with E-state index in [2.05, 4.69) is 9.73 Å². The molecule has 2 heterocycles. The molecule has 1 radical (unpaired) electrons. The number of fused-ring (bicyclic) bond motifs is 1. The van der Waals surface area contributed by atoms with Gasteiger partial charge < -0.3 is 29.8 Å². The van der Waals surface area contributed by atoms with Gasteiger partial charge in [-0.1, -0.05) is 12.1 Å². The van der Waals surface area contributed by atoms with Crippen molar-refractivity contribution in [2.75, 3.05) is 6.54 Å². The molecule has 3 atom stereocenters. The number of aliphatic hydroxyl groups excluding tert-OH is 2. The minimum absolute atomic E-state index is 0.00802. The quantitative estimate of drug-likeness (QED) is 0.446. The monoisotopic (exact) mass is 389 g/mol. The number of alkyl halides is 3. The second kappa shape index (κ2) is 7.13. The molecule has 0 aromatic heterocycles. The molecular formula is C15H14F3N3O6+. The Balaban J connectivity index is 1.63. The van der Waals surface area contributed by atoms with E-state index in [1.807, 2.05) is 0 Å². The molecule has 2 N–H and O–H groups in total. The SMILES string of the molecule is O=[N+]([O-])C1=C[N+]2C[C@H](O)[C@H](CC(O)c3ccc(OC(F)(F)F)cc3)OC2=N1. The second-order valence-corrected chi connectivity index (χ2v) is 5.88. The molecule has 1 fully saturated rings. The zero-order chi connectivity index (χ0) is 19.8. The lowest BCUT2D eigenvalue weighted by atomic mass is 9.99. The van der Waals surface area contributed by atoms with Gasteiger partial charge in [-0.3, -0.25) is 0 Å². The lowest BCUT2D eigenvalue weighted by molar-refractivity contribution is -0.425. The smallest absolute Gasteiger partial charge is 0.407 e. The van der Waals surface area contributed by atoms with Gasteiger partial charge in [0.25, 0.3) is 6.20 Å². The lowest BCUT2D eigenvalue weighted by Crippen LogP contribution is -2.52. The molecule has 1 aromatic rings. The maximum absolute atomic E-state index is 12.2. The number of halogens is 3. The number of hydrogen-bond acceptors (Lipinski definition) is 8.